The molecule has 0 radical (unpaired) electrons. The molecule has 7 nitrogen and oxygen atoms in total. The van der Waals surface area contributed by atoms with Crippen molar-refractivity contribution < 1.29 is 9.53 Å². The number of halogens is 1. The quantitative estimate of drug-likeness (QED) is 0.707. The van der Waals surface area contributed by atoms with Crippen molar-refractivity contribution in [3.05, 3.63) is 64.9 Å². The Balaban J connectivity index is 1.85. The molecule has 2 N–H and O–H groups in total. The van der Waals surface area contributed by atoms with Crippen molar-refractivity contribution in [2.75, 3.05) is 12.4 Å². The summed E-state index contributed by atoms with van der Waals surface area (Å²) < 4.78 is 5.23. The van der Waals surface area contributed by atoms with Crippen molar-refractivity contribution in [3.8, 4) is 5.75 Å². The monoisotopic (exact) mass is 357 g/mol. The van der Waals surface area contributed by atoms with E-state index in [1.54, 1.807) is 31.4 Å². The van der Waals surface area contributed by atoms with Gasteiger partial charge in [-0.3, -0.25) is 4.79 Å². The maximum atomic E-state index is 12.8. The van der Waals surface area contributed by atoms with Crippen molar-refractivity contribution >= 4 is 23.2 Å². The lowest BCUT2D eigenvalue weighted by atomic mass is 9.97. The van der Waals surface area contributed by atoms with Gasteiger partial charge in [-0.1, -0.05) is 41.1 Å². The number of anilines is 1. The van der Waals surface area contributed by atoms with Crippen LogP contribution in [0.25, 0.3) is 0 Å². The SMILES string of the molecule is COc1cccc(CC(C(=O)Nc2ccccc2Cl)c2nn[nH]n2)c1. The van der Waals surface area contributed by atoms with Crippen molar-refractivity contribution in [2.45, 2.75) is 12.3 Å². The van der Waals surface area contributed by atoms with Gasteiger partial charge in [-0.15, -0.1) is 10.2 Å². The number of methoxy groups -OCH3 is 1. The summed E-state index contributed by atoms with van der Waals surface area (Å²) in [7, 11) is 1.60. The molecule has 1 amide bonds. The molecule has 0 saturated heterocycles. The lowest BCUT2D eigenvalue weighted by Crippen LogP contribution is -2.24. The summed E-state index contributed by atoms with van der Waals surface area (Å²) >= 11 is 6.12. The number of rotatable bonds is 6. The van der Waals surface area contributed by atoms with E-state index in [2.05, 4.69) is 25.9 Å². The molecule has 3 aromatic rings. The zero-order valence-corrected chi connectivity index (χ0v) is 14.2. The highest BCUT2D eigenvalue weighted by atomic mass is 35.5. The van der Waals surface area contributed by atoms with Gasteiger partial charge in [0.1, 0.15) is 11.7 Å². The minimum Gasteiger partial charge on any atom is -0.497 e. The third-order valence-corrected chi connectivity index (χ3v) is 4.03. The van der Waals surface area contributed by atoms with Gasteiger partial charge in [-0.2, -0.15) is 5.21 Å². The standard InChI is InChI=1S/C17H16ClN5O2/c1-25-12-6-4-5-11(9-12)10-13(16-20-22-23-21-16)17(24)19-15-8-3-2-7-14(15)18/h2-9,13H,10H2,1H3,(H,19,24)(H,20,21,22,23). The van der Waals surface area contributed by atoms with Gasteiger partial charge >= 0.3 is 0 Å². The number of amides is 1. The zero-order chi connectivity index (χ0) is 17.6. The number of carbonyl (C=O) groups excluding carboxylic acids is 1. The maximum absolute atomic E-state index is 12.8. The average molecular weight is 358 g/mol. The Kier molecular flexibility index (Phi) is 5.25. The predicted molar refractivity (Wildman–Crippen MR) is 93.7 cm³/mol. The van der Waals surface area contributed by atoms with Crippen LogP contribution in [0.15, 0.2) is 48.5 Å². The van der Waals surface area contributed by atoms with Crippen LogP contribution in [0.2, 0.25) is 5.02 Å². The normalized spacial score (nSPS) is 11.8. The van der Waals surface area contributed by atoms with E-state index in [-0.39, 0.29) is 5.91 Å². The molecule has 1 aromatic heterocycles. The highest BCUT2D eigenvalue weighted by Gasteiger charge is 2.26. The number of H-pyrrole nitrogens is 1. The molecule has 1 heterocycles. The molecule has 1 atom stereocenters. The Morgan fingerprint density at radius 1 is 1.28 bits per heavy atom. The Bertz CT molecular complexity index is 854. The molecule has 0 aliphatic rings. The van der Waals surface area contributed by atoms with Crippen LogP contribution in [0.1, 0.15) is 17.3 Å². The summed E-state index contributed by atoms with van der Waals surface area (Å²) in [5.41, 5.74) is 1.46. The van der Waals surface area contributed by atoms with Gasteiger partial charge < -0.3 is 10.1 Å². The van der Waals surface area contributed by atoms with Crippen molar-refractivity contribution in [1.82, 2.24) is 20.6 Å². The predicted octanol–water partition coefficient (Wildman–Crippen LogP) is 2.83. The number of benzene rings is 2. The highest BCUT2D eigenvalue weighted by Crippen LogP contribution is 2.25. The summed E-state index contributed by atoms with van der Waals surface area (Å²) in [6.07, 6.45) is 0.396. The van der Waals surface area contributed by atoms with E-state index in [0.717, 1.165) is 11.3 Å². The van der Waals surface area contributed by atoms with Crippen LogP contribution in [0.4, 0.5) is 5.69 Å². The Labute approximate surface area is 149 Å². The summed E-state index contributed by atoms with van der Waals surface area (Å²) in [6, 6.07) is 14.5. The second kappa shape index (κ2) is 7.76. The molecule has 0 spiro atoms. The van der Waals surface area contributed by atoms with E-state index in [1.807, 2.05) is 24.3 Å². The number of aromatic nitrogens is 4. The molecule has 3 rings (SSSR count). The smallest absolute Gasteiger partial charge is 0.235 e. The number of hydrogen-bond acceptors (Lipinski definition) is 5. The fourth-order valence-electron chi connectivity index (χ4n) is 2.44. The number of carbonyl (C=O) groups is 1. The van der Waals surface area contributed by atoms with Crippen LogP contribution in [-0.2, 0) is 11.2 Å². The number of tetrazole rings is 1. The van der Waals surface area contributed by atoms with Gasteiger partial charge in [0.15, 0.2) is 5.82 Å². The average Bonchev–Trinajstić information content (AvgIpc) is 3.16. The Hall–Kier alpha value is -2.93. The van der Waals surface area contributed by atoms with Crippen molar-refractivity contribution in [1.29, 1.82) is 0 Å². The Morgan fingerprint density at radius 3 is 2.84 bits per heavy atom. The van der Waals surface area contributed by atoms with E-state index in [1.165, 1.54) is 0 Å². The second-order valence-corrected chi connectivity index (χ2v) is 5.75. The third kappa shape index (κ3) is 4.13. The third-order valence-electron chi connectivity index (χ3n) is 3.70. The maximum Gasteiger partial charge on any atom is 0.235 e. The summed E-state index contributed by atoms with van der Waals surface area (Å²) in [4.78, 5) is 12.8. The number of ether oxygens (including phenoxy) is 1. The molecular weight excluding hydrogens is 342 g/mol. The molecule has 25 heavy (non-hydrogen) atoms. The molecule has 128 valence electrons. The van der Waals surface area contributed by atoms with E-state index < -0.39 is 5.92 Å². The largest absolute Gasteiger partial charge is 0.497 e. The first-order chi connectivity index (χ1) is 12.2. The molecule has 0 aliphatic carbocycles. The van der Waals surface area contributed by atoms with Gasteiger partial charge in [0.05, 0.1) is 17.8 Å². The topological polar surface area (TPSA) is 92.8 Å². The molecule has 0 bridgehead atoms. The molecule has 1 unspecified atom stereocenters. The lowest BCUT2D eigenvalue weighted by Gasteiger charge is -2.15. The van der Waals surface area contributed by atoms with Gasteiger partial charge in [0.2, 0.25) is 5.91 Å². The van der Waals surface area contributed by atoms with Gasteiger partial charge in [-0.05, 0) is 36.2 Å². The molecule has 2 aromatic carbocycles. The number of nitrogens with one attached hydrogen (secondary N) is 2. The highest BCUT2D eigenvalue weighted by molar-refractivity contribution is 6.33. The van der Waals surface area contributed by atoms with Crippen LogP contribution in [-0.4, -0.2) is 33.6 Å². The van der Waals surface area contributed by atoms with Crippen LogP contribution < -0.4 is 10.1 Å². The van der Waals surface area contributed by atoms with Crippen LogP contribution >= 0.6 is 11.6 Å². The van der Waals surface area contributed by atoms with Crippen molar-refractivity contribution in [3.63, 3.8) is 0 Å². The fraction of sp³-hybridized carbons (Fsp3) is 0.176. The van der Waals surface area contributed by atoms with Gasteiger partial charge in [0, 0.05) is 0 Å². The second-order valence-electron chi connectivity index (χ2n) is 5.35. The van der Waals surface area contributed by atoms with Crippen LogP contribution in [0, 0.1) is 0 Å². The van der Waals surface area contributed by atoms with E-state index in [9.17, 15) is 4.79 Å². The zero-order valence-electron chi connectivity index (χ0n) is 13.4. The first kappa shape index (κ1) is 16.9. The van der Waals surface area contributed by atoms with Crippen LogP contribution in [0.5, 0.6) is 5.75 Å². The number of nitrogens with zero attached hydrogens (tertiary/aromatic N) is 3. The molecule has 0 saturated carbocycles. The molecule has 8 heteroatoms. The van der Waals surface area contributed by atoms with E-state index >= 15 is 0 Å². The summed E-state index contributed by atoms with van der Waals surface area (Å²) in [5, 5.41) is 17.2. The summed E-state index contributed by atoms with van der Waals surface area (Å²) in [5.74, 6) is 0.141. The first-order valence-corrected chi connectivity index (χ1v) is 7.97. The Morgan fingerprint density at radius 2 is 2.12 bits per heavy atom. The summed E-state index contributed by atoms with van der Waals surface area (Å²) in [6.45, 7) is 0. The number of para-hydroxylation sites is 1. The molecular formula is C17H16ClN5O2. The van der Waals surface area contributed by atoms with Gasteiger partial charge in [0.25, 0.3) is 0 Å². The molecule has 0 aliphatic heterocycles. The number of hydrogen-bond donors (Lipinski definition) is 2. The van der Waals surface area contributed by atoms with E-state index in [4.69, 9.17) is 16.3 Å². The lowest BCUT2D eigenvalue weighted by molar-refractivity contribution is -0.117. The van der Waals surface area contributed by atoms with Crippen molar-refractivity contribution in [2.24, 2.45) is 0 Å². The fourth-order valence-corrected chi connectivity index (χ4v) is 2.62. The first-order valence-electron chi connectivity index (χ1n) is 7.59. The minimum absolute atomic E-state index is 0.266. The van der Waals surface area contributed by atoms with E-state index in [0.29, 0.717) is 23.0 Å². The van der Waals surface area contributed by atoms with Crippen LogP contribution in [0.3, 0.4) is 0 Å². The molecule has 0 fully saturated rings. The van der Waals surface area contributed by atoms with Gasteiger partial charge in [-0.25, -0.2) is 0 Å². The minimum atomic E-state index is -0.623. The number of aromatic amines is 1.